The Labute approximate surface area is 119 Å². The summed E-state index contributed by atoms with van der Waals surface area (Å²) < 4.78 is 1.16. The van der Waals surface area contributed by atoms with Crippen LogP contribution in [0.5, 0.6) is 0 Å². The van der Waals surface area contributed by atoms with Gasteiger partial charge in [-0.25, -0.2) is 0 Å². The second kappa shape index (κ2) is 6.72. The molecule has 0 saturated heterocycles. The van der Waals surface area contributed by atoms with Gasteiger partial charge in [-0.1, -0.05) is 47.8 Å². The fraction of sp³-hybridized carbons (Fsp3) is 0.625. The fourth-order valence-corrected chi connectivity index (χ4v) is 3.32. The first-order valence-electron chi connectivity index (χ1n) is 7.22. The number of hydrogen-bond donors (Lipinski definition) is 1. The van der Waals surface area contributed by atoms with Gasteiger partial charge in [0.25, 0.3) is 0 Å². The second-order valence-corrected chi connectivity index (χ2v) is 6.43. The van der Waals surface area contributed by atoms with Crippen LogP contribution in [0.4, 0.5) is 0 Å². The topological polar surface area (TPSA) is 12.0 Å². The molecule has 1 aliphatic carbocycles. The number of rotatable bonds is 5. The van der Waals surface area contributed by atoms with Crippen molar-refractivity contribution < 1.29 is 0 Å². The Balaban J connectivity index is 1.97. The Kier molecular flexibility index (Phi) is 5.25. The predicted octanol–water partition coefficient (Wildman–Crippen LogP) is 5.07. The molecule has 1 fully saturated rings. The van der Waals surface area contributed by atoms with Gasteiger partial charge in [0.2, 0.25) is 0 Å². The van der Waals surface area contributed by atoms with Gasteiger partial charge >= 0.3 is 0 Å². The van der Waals surface area contributed by atoms with Crippen LogP contribution < -0.4 is 5.32 Å². The van der Waals surface area contributed by atoms with E-state index in [1.165, 1.54) is 31.2 Å². The minimum absolute atomic E-state index is 0.494. The van der Waals surface area contributed by atoms with E-state index in [1.807, 2.05) is 0 Å². The van der Waals surface area contributed by atoms with Gasteiger partial charge in [0, 0.05) is 16.6 Å². The van der Waals surface area contributed by atoms with Crippen LogP contribution in [0.25, 0.3) is 0 Å². The lowest BCUT2D eigenvalue weighted by molar-refractivity contribution is 0.339. The lowest BCUT2D eigenvalue weighted by Crippen LogP contribution is -2.35. The normalized spacial score (nSPS) is 19.9. The molecule has 0 aliphatic heterocycles. The zero-order valence-corrected chi connectivity index (χ0v) is 13.0. The van der Waals surface area contributed by atoms with Crippen LogP contribution in [0, 0.1) is 5.92 Å². The molecule has 1 N–H and O–H groups in total. The van der Waals surface area contributed by atoms with Crippen LogP contribution in [-0.2, 0) is 0 Å². The van der Waals surface area contributed by atoms with Crippen molar-refractivity contribution in [3.8, 4) is 0 Å². The van der Waals surface area contributed by atoms with Gasteiger partial charge in [-0.05, 0) is 49.8 Å². The van der Waals surface area contributed by atoms with Crippen molar-refractivity contribution in [1.29, 1.82) is 0 Å². The highest BCUT2D eigenvalue weighted by Crippen LogP contribution is 2.29. The number of hydrogen-bond acceptors (Lipinski definition) is 1. The third-order valence-electron chi connectivity index (χ3n) is 4.25. The Hall–Kier alpha value is -0.340. The van der Waals surface area contributed by atoms with Crippen molar-refractivity contribution in [3.63, 3.8) is 0 Å². The van der Waals surface area contributed by atoms with Crippen LogP contribution in [0.15, 0.2) is 28.7 Å². The van der Waals surface area contributed by atoms with Crippen molar-refractivity contribution in [2.75, 3.05) is 0 Å². The van der Waals surface area contributed by atoms with Gasteiger partial charge in [-0.15, -0.1) is 0 Å². The smallest absolute Gasteiger partial charge is 0.0320 e. The van der Waals surface area contributed by atoms with Crippen LogP contribution in [0.2, 0.25) is 0 Å². The molecule has 2 atom stereocenters. The summed E-state index contributed by atoms with van der Waals surface area (Å²) in [6.07, 6.45) is 6.81. The van der Waals surface area contributed by atoms with E-state index in [4.69, 9.17) is 0 Å². The van der Waals surface area contributed by atoms with Crippen molar-refractivity contribution in [2.45, 2.75) is 58.0 Å². The van der Waals surface area contributed by atoms with Crippen LogP contribution in [0.1, 0.15) is 57.6 Å². The molecule has 1 saturated carbocycles. The first-order chi connectivity index (χ1) is 8.70. The SMILES string of the molecule is CCC(N[C@@H](C)C1CCCC1)c1ccc(Br)cc1. The van der Waals surface area contributed by atoms with Gasteiger partial charge in [-0.3, -0.25) is 0 Å². The summed E-state index contributed by atoms with van der Waals surface area (Å²) >= 11 is 3.50. The molecule has 1 unspecified atom stereocenters. The predicted molar refractivity (Wildman–Crippen MR) is 81.7 cm³/mol. The highest BCUT2D eigenvalue weighted by molar-refractivity contribution is 9.10. The standard InChI is InChI=1S/C16H24BrN/c1-3-16(14-8-10-15(17)11-9-14)18-12(2)13-6-4-5-7-13/h8-13,16,18H,3-7H2,1-2H3/t12-,16?/m0/s1. The summed E-state index contributed by atoms with van der Waals surface area (Å²) in [5.74, 6) is 0.884. The average molecular weight is 310 g/mol. The lowest BCUT2D eigenvalue weighted by atomic mass is 9.96. The van der Waals surface area contributed by atoms with E-state index >= 15 is 0 Å². The molecule has 1 aliphatic rings. The van der Waals surface area contributed by atoms with E-state index in [0.29, 0.717) is 12.1 Å². The summed E-state index contributed by atoms with van der Waals surface area (Å²) in [5.41, 5.74) is 1.41. The molecule has 2 rings (SSSR count). The van der Waals surface area contributed by atoms with E-state index in [9.17, 15) is 0 Å². The minimum atomic E-state index is 0.494. The van der Waals surface area contributed by atoms with Crippen molar-refractivity contribution >= 4 is 15.9 Å². The van der Waals surface area contributed by atoms with Crippen LogP contribution >= 0.6 is 15.9 Å². The molecule has 0 bridgehead atoms. The summed E-state index contributed by atoms with van der Waals surface area (Å²) in [6, 6.07) is 9.87. The zero-order valence-electron chi connectivity index (χ0n) is 11.5. The quantitative estimate of drug-likeness (QED) is 0.801. The average Bonchev–Trinajstić information content (AvgIpc) is 2.91. The maximum Gasteiger partial charge on any atom is 0.0320 e. The lowest BCUT2D eigenvalue weighted by Gasteiger charge is -2.27. The molecule has 100 valence electrons. The molecule has 0 amide bonds. The van der Waals surface area contributed by atoms with Crippen molar-refractivity contribution in [3.05, 3.63) is 34.3 Å². The molecule has 1 nitrogen and oxygen atoms in total. The maximum atomic E-state index is 3.83. The first kappa shape index (κ1) is 14.1. The van der Waals surface area contributed by atoms with Gasteiger partial charge in [0.15, 0.2) is 0 Å². The number of nitrogens with one attached hydrogen (secondary N) is 1. The van der Waals surface area contributed by atoms with Crippen LogP contribution in [-0.4, -0.2) is 6.04 Å². The Morgan fingerprint density at radius 1 is 1.22 bits per heavy atom. The van der Waals surface area contributed by atoms with E-state index < -0.39 is 0 Å². The van der Waals surface area contributed by atoms with E-state index in [2.05, 4.69) is 59.4 Å². The molecular formula is C16H24BrN. The molecule has 1 aromatic carbocycles. The molecule has 0 spiro atoms. The first-order valence-corrected chi connectivity index (χ1v) is 8.01. The molecule has 1 aromatic rings. The molecule has 0 aromatic heterocycles. The van der Waals surface area contributed by atoms with Crippen molar-refractivity contribution in [1.82, 2.24) is 5.32 Å². The summed E-state index contributed by atoms with van der Waals surface area (Å²) in [5, 5.41) is 3.83. The monoisotopic (exact) mass is 309 g/mol. The van der Waals surface area contributed by atoms with E-state index in [0.717, 1.165) is 16.8 Å². The number of benzene rings is 1. The molecule has 18 heavy (non-hydrogen) atoms. The van der Waals surface area contributed by atoms with Crippen LogP contribution in [0.3, 0.4) is 0 Å². The molecule has 2 heteroatoms. The van der Waals surface area contributed by atoms with Gasteiger partial charge in [0.1, 0.15) is 0 Å². The van der Waals surface area contributed by atoms with Gasteiger partial charge < -0.3 is 5.32 Å². The van der Waals surface area contributed by atoms with Gasteiger partial charge in [-0.2, -0.15) is 0 Å². The third kappa shape index (κ3) is 3.58. The summed E-state index contributed by atoms with van der Waals surface area (Å²) in [4.78, 5) is 0. The van der Waals surface area contributed by atoms with E-state index in [-0.39, 0.29) is 0 Å². The highest BCUT2D eigenvalue weighted by Gasteiger charge is 2.23. The van der Waals surface area contributed by atoms with Gasteiger partial charge in [0.05, 0.1) is 0 Å². The number of halogens is 1. The summed E-state index contributed by atoms with van der Waals surface area (Å²) in [7, 11) is 0. The molecule has 0 radical (unpaired) electrons. The van der Waals surface area contributed by atoms with E-state index in [1.54, 1.807) is 0 Å². The zero-order chi connectivity index (χ0) is 13.0. The highest BCUT2D eigenvalue weighted by atomic mass is 79.9. The van der Waals surface area contributed by atoms with Crippen molar-refractivity contribution in [2.24, 2.45) is 5.92 Å². The Morgan fingerprint density at radius 3 is 2.39 bits per heavy atom. The Morgan fingerprint density at radius 2 is 1.83 bits per heavy atom. The minimum Gasteiger partial charge on any atom is -0.307 e. The second-order valence-electron chi connectivity index (χ2n) is 5.51. The fourth-order valence-electron chi connectivity index (χ4n) is 3.06. The molecule has 0 heterocycles. The largest absolute Gasteiger partial charge is 0.307 e. The third-order valence-corrected chi connectivity index (χ3v) is 4.78. The summed E-state index contributed by atoms with van der Waals surface area (Å²) in [6.45, 7) is 4.62. The maximum absolute atomic E-state index is 3.83. The molecular weight excluding hydrogens is 286 g/mol. The Bertz CT molecular complexity index is 354.